The zero-order valence-corrected chi connectivity index (χ0v) is 22.4. The molecule has 0 amide bonds. The largest absolute Gasteiger partial charge is 0.252 e. The fourth-order valence-electron chi connectivity index (χ4n) is 4.56. The molecule has 0 atom stereocenters. The number of aliphatic imine (C=N–C) groups is 2. The van der Waals surface area contributed by atoms with Gasteiger partial charge < -0.3 is 0 Å². The van der Waals surface area contributed by atoms with Crippen LogP contribution in [0.15, 0.2) is 76.7 Å². The minimum atomic E-state index is 0.856. The summed E-state index contributed by atoms with van der Waals surface area (Å²) in [5.74, 6) is 0. The zero-order valence-electron chi connectivity index (χ0n) is 22.4. The van der Waals surface area contributed by atoms with Crippen LogP contribution in [0.3, 0.4) is 0 Å². The summed E-state index contributed by atoms with van der Waals surface area (Å²) < 4.78 is 0. The first kappa shape index (κ1) is 26.6. The van der Waals surface area contributed by atoms with Gasteiger partial charge in [-0.15, -0.1) is 0 Å². The molecule has 0 bridgehead atoms. The van der Waals surface area contributed by atoms with Crippen LogP contribution in [0.4, 0.5) is 11.4 Å². The lowest BCUT2D eigenvalue weighted by atomic mass is 9.95. The highest BCUT2D eigenvalue weighted by molar-refractivity contribution is 6.42. The van der Waals surface area contributed by atoms with Crippen molar-refractivity contribution in [2.24, 2.45) is 9.98 Å². The first-order chi connectivity index (χ1) is 17.1. The molecule has 0 saturated heterocycles. The molecule has 2 nitrogen and oxygen atoms in total. The lowest BCUT2D eigenvalue weighted by Crippen LogP contribution is -2.08. The molecule has 0 aliphatic heterocycles. The fourth-order valence-corrected chi connectivity index (χ4v) is 4.56. The van der Waals surface area contributed by atoms with E-state index in [1.54, 1.807) is 0 Å². The fraction of sp³-hybridized carbons (Fsp3) is 0.394. The Kier molecular flexibility index (Phi) is 10.5. The maximum Gasteiger partial charge on any atom is 0.0640 e. The van der Waals surface area contributed by atoms with Gasteiger partial charge in [0.1, 0.15) is 0 Å². The summed E-state index contributed by atoms with van der Waals surface area (Å²) in [6, 6.07) is 24.1. The monoisotopic (exact) mass is 466 g/mol. The minimum Gasteiger partial charge on any atom is -0.252 e. The Morgan fingerprint density at radius 2 is 1.29 bits per heavy atom. The average molecular weight is 467 g/mol. The lowest BCUT2D eigenvalue weighted by Gasteiger charge is -2.12. The van der Waals surface area contributed by atoms with Crippen LogP contribution < -0.4 is 0 Å². The Morgan fingerprint density at radius 3 is 1.91 bits per heavy atom. The van der Waals surface area contributed by atoms with E-state index in [0.29, 0.717) is 0 Å². The van der Waals surface area contributed by atoms with E-state index in [2.05, 4.69) is 101 Å². The van der Waals surface area contributed by atoms with Gasteiger partial charge in [0.05, 0.1) is 22.8 Å². The molecule has 3 rings (SSSR count). The summed E-state index contributed by atoms with van der Waals surface area (Å²) in [7, 11) is 0. The molecule has 35 heavy (non-hydrogen) atoms. The average Bonchev–Trinajstić information content (AvgIpc) is 2.90. The van der Waals surface area contributed by atoms with E-state index in [-0.39, 0.29) is 0 Å². The maximum absolute atomic E-state index is 5.04. The van der Waals surface area contributed by atoms with Gasteiger partial charge in [-0.1, -0.05) is 83.0 Å². The van der Waals surface area contributed by atoms with Crippen LogP contribution in [0, 0.1) is 0 Å². The highest BCUT2D eigenvalue weighted by atomic mass is 14.8. The Labute approximate surface area is 213 Å². The highest BCUT2D eigenvalue weighted by Gasteiger charge is 2.09. The second-order valence-electron chi connectivity index (χ2n) is 9.33. The first-order valence-corrected chi connectivity index (χ1v) is 13.5. The number of hydrogen-bond donors (Lipinski definition) is 0. The van der Waals surface area contributed by atoms with Gasteiger partial charge in [0.15, 0.2) is 0 Å². The quantitative estimate of drug-likeness (QED) is 0.237. The SMILES string of the molecule is CCCCc1cc(N=C(CC)C(C)=Nc2ccc(CCCC)c(-c3ccccc3)c2)ccc1CC. The van der Waals surface area contributed by atoms with E-state index in [0.717, 1.165) is 48.5 Å². The van der Waals surface area contributed by atoms with Gasteiger partial charge in [-0.05, 0) is 97.5 Å². The molecule has 0 spiro atoms. The summed E-state index contributed by atoms with van der Waals surface area (Å²) in [6.07, 6.45) is 8.99. The topological polar surface area (TPSA) is 24.7 Å². The second kappa shape index (κ2) is 13.8. The summed E-state index contributed by atoms with van der Waals surface area (Å²) in [5, 5.41) is 0. The summed E-state index contributed by atoms with van der Waals surface area (Å²) in [4.78, 5) is 10.1. The molecule has 3 aromatic carbocycles. The van der Waals surface area contributed by atoms with Crippen molar-refractivity contribution >= 4 is 22.8 Å². The van der Waals surface area contributed by atoms with Crippen LogP contribution in [-0.2, 0) is 19.3 Å². The molecule has 0 radical (unpaired) electrons. The van der Waals surface area contributed by atoms with Crippen molar-refractivity contribution in [1.29, 1.82) is 0 Å². The lowest BCUT2D eigenvalue weighted by molar-refractivity contribution is 0.787. The van der Waals surface area contributed by atoms with Gasteiger partial charge in [0.25, 0.3) is 0 Å². The van der Waals surface area contributed by atoms with Crippen molar-refractivity contribution in [2.75, 3.05) is 0 Å². The molecule has 0 heterocycles. The van der Waals surface area contributed by atoms with E-state index < -0.39 is 0 Å². The minimum absolute atomic E-state index is 0.856. The molecule has 0 fully saturated rings. The Hall–Kier alpha value is -3.00. The maximum atomic E-state index is 5.04. The molecular formula is C33H42N2. The van der Waals surface area contributed by atoms with E-state index in [1.807, 2.05) is 0 Å². The van der Waals surface area contributed by atoms with Crippen LogP contribution in [0.25, 0.3) is 11.1 Å². The number of rotatable bonds is 12. The molecule has 2 heteroatoms. The third-order valence-corrected chi connectivity index (χ3v) is 6.66. The van der Waals surface area contributed by atoms with E-state index in [4.69, 9.17) is 9.98 Å². The summed E-state index contributed by atoms with van der Waals surface area (Å²) in [5.41, 5.74) is 10.9. The van der Waals surface area contributed by atoms with Crippen LogP contribution in [0.5, 0.6) is 0 Å². The Bertz CT molecular complexity index is 1140. The number of nitrogens with zero attached hydrogens (tertiary/aromatic N) is 2. The predicted molar refractivity (Wildman–Crippen MR) is 155 cm³/mol. The number of unbranched alkanes of at least 4 members (excludes halogenated alkanes) is 2. The predicted octanol–water partition coefficient (Wildman–Crippen LogP) is 9.88. The molecule has 0 N–H and O–H groups in total. The normalized spacial score (nSPS) is 12.3. The van der Waals surface area contributed by atoms with Crippen LogP contribution in [0.2, 0.25) is 0 Å². The molecular weight excluding hydrogens is 424 g/mol. The molecule has 3 aromatic rings. The Balaban J connectivity index is 1.94. The molecule has 0 aromatic heterocycles. The van der Waals surface area contributed by atoms with Crippen molar-refractivity contribution in [3.8, 4) is 11.1 Å². The van der Waals surface area contributed by atoms with E-state index in [9.17, 15) is 0 Å². The van der Waals surface area contributed by atoms with Crippen LogP contribution in [-0.4, -0.2) is 11.4 Å². The molecule has 184 valence electrons. The van der Waals surface area contributed by atoms with Gasteiger partial charge in [0.2, 0.25) is 0 Å². The first-order valence-electron chi connectivity index (χ1n) is 13.5. The molecule has 0 aliphatic carbocycles. The van der Waals surface area contributed by atoms with E-state index in [1.165, 1.54) is 53.5 Å². The van der Waals surface area contributed by atoms with Gasteiger partial charge in [-0.2, -0.15) is 0 Å². The van der Waals surface area contributed by atoms with Crippen molar-refractivity contribution in [1.82, 2.24) is 0 Å². The third-order valence-electron chi connectivity index (χ3n) is 6.66. The Morgan fingerprint density at radius 1 is 0.657 bits per heavy atom. The summed E-state index contributed by atoms with van der Waals surface area (Å²) >= 11 is 0. The van der Waals surface area contributed by atoms with Crippen LogP contribution in [0.1, 0.15) is 83.4 Å². The second-order valence-corrected chi connectivity index (χ2v) is 9.33. The zero-order chi connectivity index (χ0) is 25.0. The molecule has 0 aliphatic rings. The van der Waals surface area contributed by atoms with Crippen molar-refractivity contribution in [3.63, 3.8) is 0 Å². The molecule has 0 saturated carbocycles. The standard InChI is InChI=1S/C33H42N2/c1-6-10-15-28-20-22-31(24-32(28)27-17-13-12-14-18-27)34-25(5)33(9-4)35-30-21-19-26(8-3)29(23-30)16-11-7-2/h12-14,17-24H,6-11,15-16H2,1-5H3. The van der Waals surface area contributed by atoms with Gasteiger partial charge in [-0.3, -0.25) is 9.98 Å². The van der Waals surface area contributed by atoms with E-state index >= 15 is 0 Å². The van der Waals surface area contributed by atoms with Crippen molar-refractivity contribution in [2.45, 2.75) is 86.0 Å². The third kappa shape index (κ3) is 7.49. The van der Waals surface area contributed by atoms with Gasteiger partial charge in [-0.25, -0.2) is 0 Å². The van der Waals surface area contributed by atoms with Gasteiger partial charge in [0, 0.05) is 0 Å². The smallest absolute Gasteiger partial charge is 0.0640 e. The number of aryl methyl sites for hydroxylation is 3. The van der Waals surface area contributed by atoms with Crippen LogP contribution >= 0.6 is 0 Å². The highest BCUT2D eigenvalue weighted by Crippen LogP contribution is 2.30. The number of benzene rings is 3. The summed E-state index contributed by atoms with van der Waals surface area (Å²) in [6.45, 7) is 11.0. The van der Waals surface area contributed by atoms with Crippen molar-refractivity contribution in [3.05, 3.63) is 83.4 Å². The van der Waals surface area contributed by atoms with Gasteiger partial charge >= 0.3 is 0 Å². The van der Waals surface area contributed by atoms with Crippen molar-refractivity contribution < 1.29 is 0 Å². The molecule has 0 unspecified atom stereocenters. The number of hydrogen-bond acceptors (Lipinski definition) is 2.